The smallest absolute Gasteiger partial charge is 0.236 e. The molecule has 0 spiro atoms. The van der Waals surface area contributed by atoms with Gasteiger partial charge in [0.05, 0.1) is 6.54 Å². The van der Waals surface area contributed by atoms with Crippen LogP contribution in [-0.2, 0) is 4.79 Å². The zero-order chi connectivity index (χ0) is 12.2. The van der Waals surface area contributed by atoms with Crippen LogP contribution in [0, 0.1) is 5.41 Å². The molecule has 1 amide bonds. The van der Waals surface area contributed by atoms with Crippen LogP contribution in [0.1, 0.15) is 20.8 Å². The van der Waals surface area contributed by atoms with E-state index in [1.54, 1.807) is 0 Å². The zero-order valence-corrected chi connectivity index (χ0v) is 11.0. The van der Waals surface area contributed by atoms with Gasteiger partial charge in [0, 0.05) is 32.7 Å². The van der Waals surface area contributed by atoms with Gasteiger partial charge in [-0.2, -0.15) is 0 Å². The van der Waals surface area contributed by atoms with E-state index in [9.17, 15) is 4.79 Å². The maximum absolute atomic E-state index is 11.8. The van der Waals surface area contributed by atoms with Crippen molar-refractivity contribution >= 4 is 5.91 Å². The van der Waals surface area contributed by atoms with E-state index in [1.165, 1.54) is 0 Å². The maximum Gasteiger partial charge on any atom is 0.236 e. The van der Waals surface area contributed by atoms with Crippen LogP contribution in [-0.4, -0.2) is 62.0 Å². The van der Waals surface area contributed by atoms with Crippen LogP contribution < -0.4 is 5.32 Å². The number of rotatable bonds is 3. The third-order valence-electron chi connectivity index (χ3n) is 2.79. The Hall–Kier alpha value is -0.610. The van der Waals surface area contributed by atoms with Crippen molar-refractivity contribution < 1.29 is 4.79 Å². The Morgan fingerprint density at radius 2 is 1.75 bits per heavy atom. The van der Waals surface area contributed by atoms with Crippen molar-refractivity contribution in [1.82, 2.24) is 15.1 Å². The zero-order valence-electron chi connectivity index (χ0n) is 11.0. The fraction of sp³-hybridized carbons (Fsp3) is 0.917. The van der Waals surface area contributed by atoms with Gasteiger partial charge in [-0.1, -0.05) is 20.8 Å². The maximum atomic E-state index is 11.8. The molecular formula is C12H25N3O. The van der Waals surface area contributed by atoms with E-state index in [0.29, 0.717) is 6.54 Å². The predicted octanol–water partition coefficient (Wildman–Crippen LogP) is 0.396. The highest BCUT2D eigenvalue weighted by atomic mass is 16.2. The highest BCUT2D eigenvalue weighted by Crippen LogP contribution is 2.10. The molecule has 4 heteroatoms. The number of hydrogen-bond donors (Lipinski definition) is 1. The Labute approximate surface area is 99.0 Å². The van der Waals surface area contributed by atoms with Crippen LogP contribution in [0.15, 0.2) is 0 Å². The monoisotopic (exact) mass is 227 g/mol. The Balaban J connectivity index is 2.20. The molecule has 16 heavy (non-hydrogen) atoms. The van der Waals surface area contributed by atoms with Crippen LogP contribution >= 0.6 is 0 Å². The molecule has 1 aliphatic rings. The summed E-state index contributed by atoms with van der Waals surface area (Å²) in [4.78, 5) is 16.0. The van der Waals surface area contributed by atoms with Gasteiger partial charge in [0.1, 0.15) is 0 Å². The number of amides is 1. The topological polar surface area (TPSA) is 35.6 Å². The van der Waals surface area contributed by atoms with Crippen LogP contribution in [0.3, 0.4) is 0 Å². The summed E-state index contributed by atoms with van der Waals surface area (Å²) >= 11 is 0. The number of carbonyl (C=O) groups excluding carboxylic acids is 1. The largest absolute Gasteiger partial charge is 0.339 e. The van der Waals surface area contributed by atoms with Gasteiger partial charge >= 0.3 is 0 Å². The summed E-state index contributed by atoms with van der Waals surface area (Å²) < 4.78 is 0. The average Bonchev–Trinajstić information content (AvgIpc) is 2.16. The Bertz CT molecular complexity index is 227. The number of likely N-dealkylation sites (N-methyl/N-ethyl adjacent to an activating group) is 1. The van der Waals surface area contributed by atoms with Crippen molar-refractivity contribution in [2.45, 2.75) is 20.8 Å². The van der Waals surface area contributed by atoms with Gasteiger partial charge in [0.25, 0.3) is 0 Å². The molecule has 1 rings (SSSR count). The molecule has 1 N–H and O–H groups in total. The third kappa shape index (κ3) is 4.94. The molecule has 4 nitrogen and oxygen atoms in total. The van der Waals surface area contributed by atoms with Gasteiger partial charge in [0.15, 0.2) is 0 Å². The lowest BCUT2D eigenvalue weighted by atomic mass is 9.97. The molecule has 1 saturated heterocycles. The minimum Gasteiger partial charge on any atom is -0.339 e. The number of piperazine rings is 1. The summed E-state index contributed by atoms with van der Waals surface area (Å²) in [6.07, 6.45) is 0. The van der Waals surface area contributed by atoms with Gasteiger partial charge in [0.2, 0.25) is 5.91 Å². The normalized spacial score (nSPS) is 18.9. The lowest BCUT2D eigenvalue weighted by Gasteiger charge is -2.32. The fourth-order valence-electron chi connectivity index (χ4n) is 1.71. The van der Waals surface area contributed by atoms with Crippen molar-refractivity contribution in [1.29, 1.82) is 0 Å². The molecule has 1 heterocycles. The van der Waals surface area contributed by atoms with E-state index < -0.39 is 0 Å². The van der Waals surface area contributed by atoms with E-state index in [0.717, 1.165) is 32.7 Å². The Morgan fingerprint density at radius 1 is 1.19 bits per heavy atom. The summed E-state index contributed by atoms with van der Waals surface area (Å²) in [5.74, 6) is 0.234. The summed E-state index contributed by atoms with van der Waals surface area (Å²) in [6, 6.07) is 0. The second kappa shape index (κ2) is 5.64. The summed E-state index contributed by atoms with van der Waals surface area (Å²) in [7, 11) is 2.10. The van der Waals surface area contributed by atoms with Gasteiger partial charge in [-0.3, -0.25) is 4.79 Å². The lowest BCUT2D eigenvalue weighted by molar-refractivity contribution is -0.131. The molecular weight excluding hydrogens is 202 g/mol. The SMILES string of the molecule is CN1CCN(C(=O)CNCC(C)(C)C)CC1. The summed E-state index contributed by atoms with van der Waals surface area (Å²) in [5, 5.41) is 3.23. The second-order valence-electron chi connectivity index (χ2n) is 5.85. The van der Waals surface area contributed by atoms with Gasteiger partial charge < -0.3 is 15.1 Å². The molecule has 0 radical (unpaired) electrons. The molecule has 0 aromatic carbocycles. The van der Waals surface area contributed by atoms with E-state index in [2.05, 4.69) is 38.0 Å². The van der Waals surface area contributed by atoms with E-state index in [4.69, 9.17) is 0 Å². The average molecular weight is 227 g/mol. The highest BCUT2D eigenvalue weighted by Gasteiger charge is 2.19. The molecule has 0 aliphatic carbocycles. The van der Waals surface area contributed by atoms with Crippen molar-refractivity contribution in [2.24, 2.45) is 5.41 Å². The number of hydrogen-bond acceptors (Lipinski definition) is 3. The molecule has 0 saturated carbocycles. The fourth-order valence-corrected chi connectivity index (χ4v) is 1.71. The first kappa shape index (κ1) is 13.5. The second-order valence-corrected chi connectivity index (χ2v) is 5.85. The molecule has 0 atom stereocenters. The molecule has 0 bridgehead atoms. The van der Waals surface area contributed by atoms with Crippen LogP contribution in [0.5, 0.6) is 0 Å². The molecule has 0 aromatic heterocycles. The standard InChI is InChI=1S/C12H25N3O/c1-12(2,3)10-13-9-11(16)15-7-5-14(4)6-8-15/h13H,5-10H2,1-4H3. The van der Waals surface area contributed by atoms with Gasteiger partial charge in [-0.15, -0.1) is 0 Å². The Kier molecular flexibility index (Phi) is 4.74. The van der Waals surface area contributed by atoms with Crippen LogP contribution in [0.2, 0.25) is 0 Å². The minimum absolute atomic E-state index is 0.234. The van der Waals surface area contributed by atoms with Crippen LogP contribution in [0.25, 0.3) is 0 Å². The van der Waals surface area contributed by atoms with Crippen molar-refractivity contribution in [3.8, 4) is 0 Å². The van der Waals surface area contributed by atoms with Gasteiger partial charge in [-0.05, 0) is 12.5 Å². The molecule has 1 aliphatic heterocycles. The first-order valence-electron chi connectivity index (χ1n) is 6.05. The minimum atomic E-state index is 0.234. The lowest BCUT2D eigenvalue weighted by Crippen LogP contribution is -2.50. The van der Waals surface area contributed by atoms with Crippen molar-refractivity contribution in [3.63, 3.8) is 0 Å². The summed E-state index contributed by atoms with van der Waals surface area (Å²) in [6.45, 7) is 11.6. The Morgan fingerprint density at radius 3 is 2.25 bits per heavy atom. The van der Waals surface area contributed by atoms with E-state index >= 15 is 0 Å². The number of nitrogens with zero attached hydrogens (tertiary/aromatic N) is 2. The number of carbonyl (C=O) groups is 1. The predicted molar refractivity (Wildman–Crippen MR) is 66.4 cm³/mol. The summed E-state index contributed by atoms with van der Waals surface area (Å²) in [5.41, 5.74) is 0.238. The first-order chi connectivity index (χ1) is 7.38. The highest BCUT2D eigenvalue weighted by molar-refractivity contribution is 5.78. The quantitative estimate of drug-likeness (QED) is 0.758. The first-order valence-corrected chi connectivity index (χ1v) is 6.05. The molecule has 0 unspecified atom stereocenters. The van der Waals surface area contributed by atoms with E-state index in [-0.39, 0.29) is 11.3 Å². The van der Waals surface area contributed by atoms with E-state index in [1.807, 2.05) is 4.90 Å². The van der Waals surface area contributed by atoms with Gasteiger partial charge in [-0.25, -0.2) is 0 Å². The van der Waals surface area contributed by atoms with Crippen LogP contribution in [0.4, 0.5) is 0 Å². The van der Waals surface area contributed by atoms with Crippen molar-refractivity contribution in [2.75, 3.05) is 46.3 Å². The molecule has 94 valence electrons. The molecule has 0 aromatic rings. The van der Waals surface area contributed by atoms with Crippen molar-refractivity contribution in [3.05, 3.63) is 0 Å². The third-order valence-corrected chi connectivity index (χ3v) is 2.79. The number of nitrogens with one attached hydrogen (secondary N) is 1. The molecule has 1 fully saturated rings.